The van der Waals surface area contributed by atoms with Crippen molar-refractivity contribution in [3.05, 3.63) is 63.9 Å². The monoisotopic (exact) mass is 333 g/mol. The Morgan fingerprint density at radius 3 is 2.20 bits per heavy atom. The van der Waals surface area contributed by atoms with Gasteiger partial charge in [-0.1, -0.05) is 35.3 Å². The molecule has 0 aliphatic rings. The average Bonchev–Trinajstić information content (AvgIpc) is 2.37. The van der Waals surface area contributed by atoms with Crippen LogP contribution in [0.2, 0.25) is 10.0 Å². The smallest absolute Gasteiger partial charge is 0.207 e. The summed E-state index contributed by atoms with van der Waals surface area (Å²) in [5, 5.41) is 0.694. The summed E-state index contributed by atoms with van der Waals surface area (Å²) in [5.41, 5.74) is 0.715. The fraction of sp³-hybridized carbons (Fsp3) is 0.0769. The molecule has 0 aliphatic heterocycles. The lowest BCUT2D eigenvalue weighted by atomic mass is 10.2. The van der Waals surface area contributed by atoms with Crippen LogP contribution in [0.25, 0.3) is 0 Å². The summed E-state index contributed by atoms with van der Waals surface area (Å²) in [6.07, 6.45) is 0. The van der Waals surface area contributed by atoms with Crippen LogP contribution in [0.5, 0.6) is 0 Å². The molecule has 2 rings (SSSR count). The van der Waals surface area contributed by atoms with Crippen molar-refractivity contribution in [3.8, 4) is 0 Å². The molecule has 0 saturated heterocycles. The van der Waals surface area contributed by atoms with Crippen LogP contribution in [0, 0.1) is 5.82 Å². The van der Waals surface area contributed by atoms with E-state index in [0.717, 1.165) is 12.1 Å². The van der Waals surface area contributed by atoms with E-state index in [2.05, 4.69) is 4.72 Å². The summed E-state index contributed by atoms with van der Waals surface area (Å²) < 4.78 is 39.9. The van der Waals surface area contributed by atoms with E-state index in [1.807, 2.05) is 0 Å². The molecular formula is C13H10Cl2FNO2S. The van der Waals surface area contributed by atoms with E-state index in [4.69, 9.17) is 23.2 Å². The number of hydrogen-bond donors (Lipinski definition) is 1. The Morgan fingerprint density at radius 1 is 1.00 bits per heavy atom. The average molecular weight is 334 g/mol. The summed E-state index contributed by atoms with van der Waals surface area (Å²) in [4.78, 5) is -0.434. The third-order valence-electron chi connectivity index (χ3n) is 2.56. The minimum atomic E-state index is -3.93. The molecule has 0 amide bonds. The summed E-state index contributed by atoms with van der Waals surface area (Å²) in [6, 6.07) is 10.1. The van der Waals surface area contributed by atoms with Crippen molar-refractivity contribution in [1.82, 2.24) is 4.72 Å². The van der Waals surface area contributed by atoms with Crippen molar-refractivity contribution in [2.45, 2.75) is 11.4 Å². The van der Waals surface area contributed by atoms with Gasteiger partial charge in [0.25, 0.3) is 0 Å². The zero-order valence-corrected chi connectivity index (χ0v) is 12.4. The molecule has 0 aromatic heterocycles. The predicted molar refractivity (Wildman–Crippen MR) is 76.9 cm³/mol. The van der Waals surface area contributed by atoms with Crippen LogP contribution in [0.3, 0.4) is 0 Å². The van der Waals surface area contributed by atoms with Crippen molar-refractivity contribution in [2.24, 2.45) is 0 Å². The first kappa shape index (κ1) is 15.3. The SMILES string of the molecule is O=S(=O)(NCc1ccc(Cl)cc1)c1ccc(Cl)cc1F. The summed E-state index contributed by atoms with van der Waals surface area (Å²) >= 11 is 11.3. The third-order valence-corrected chi connectivity index (χ3v) is 4.48. The van der Waals surface area contributed by atoms with Gasteiger partial charge in [-0.3, -0.25) is 0 Å². The van der Waals surface area contributed by atoms with Crippen LogP contribution < -0.4 is 4.72 Å². The summed E-state index contributed by atoms with van der Waals surface area (Å²) in [7, 11) is -3.93. The van der Waals surface area contributed by atoms with Gasteiger partial charge in [-0.15, -0.1) is 0 Å². The molecule has 0 spiro atoms. The van der Waals surface area contributed by atoms with E-state index >= 15 is 0 Å². The van der Waals surface area contributed by atoms with Gasteiger partial charge >= 0.3 is 0 Å². The van der Waals surface area contributed by atoms with Crippen LogP contribution in [0.15, 0.2) is 47.4 Å². The molecule has 20 heavy (non-hydrogen) atoms. The molecule has 1 N–H and O–H groups in total. The molecule has 0 atom stereocenters. The lowest BCUT2D eigenvalue weighted by Gasteiger charge is -2.08. The van der Waals surface area contributed by atoms with Crippen LogP contribution >= 0.6 is 23.2 Å². The molecule has 0 fully saturated rings. The molecule has 0 aliphatic carbocycles. The first-order valence-electron chi connectivity index (χ1n) is 5.58. The van der Waals surface area contributed by atoms with Crippen molar-refractivity contribution in [1.29, 1.82) is 0 Å². The van der Waals surface area contributed by atoms with E-state index in [1.54, 1.807) is 24.3 Å². The Bertz CT molecular complexity index is 718. The quantitative estimate of drug-likeness (QED) is 0.928. The second-order valence-corrected chi connectivity index (χ2v) is 6.63. The van der Waals surface area contributed by atoms with Crippen LogP contribution in [-0.4, -0.2) is 8.42 Å². The van der Waals surface area contributed by atoms with Gasteiger partial charge in [0, 0.05) is 16.6 Å². The zero-order chi connectivity index (χ0) is 14.8. The molecular weight excluding hydrogens is 324 g/mol. The fourth-order valence-electron chi connectivity index (χ4n) is 1.55. The molecule has 0 saturated carbocycles. The van der Waals surface area contributed by atoms with Crippen LogP contribution in [-0.2, 0) is 16.6 Å². The van der Waals surface area contributed by atoms with E-state index in [9.17, 15) is 12.8 Å². The number of nitrogens with one attached hydrogen (secondary N) is 1. The van der Waals surface area contributed by atoms with E-state index in [-0.39, 0.29) is 11.6 Å². The molecule has 0 heterocycles. The highest BCUT2D eigenvalue weighted by molar-refractivity contribution is 7.89. The largest absolute Gasteiger partial charge is 0.243 e. The second-order valence-electron chi connectivity index (χ2n) is 4.03. The van der Waals surface area contributed by atoms with E-state index in [1.165, 1.54) is 6.07 Å². The molecule has 7 heteroatoms. The topological polar surface area (TPSA) is 46.2 Å². The Kier molecular flexibility index (Phi) is 4.65. The number of hydrogen-bond acceptors (Lipinski definition) is 2. The van der Waals surface area contributed by atoms with Crippen molar-refractivity contribution in [2.75, 3.05) is 0 Å². The summed E-state index contributed by atoms with van der Waals surface area (Å²) in [5.74, 6) is -0.888. The molecule has 2 aromatic carbocycles. The van der Waals surface area contributed by atoms with E-state index < -0.39 is 20.7 Å². The maximum Gasteiger partial charge on any atom is 0.243 e. The van der Waals surface area contributed by atoms with Gasteiger partial charge in [0.05, 0.1) is 0 Å². The number of sulfonamides is 1. The maximum absolute atomic E-state index is 13.6. The summed E-state index contributed by atoms with van der Waals surface area (Å²) in [6.45, 7) is 0.0432. The molecule has 3 nitrogen and oxygen atoms in total. The van der Waals surface area contributed by atoms with Crippen molar-refractivity contribution in [3.63, 3.8) is 0 Å². The Balaban J connectivity index is 2.17. The standard InChI is InChI=1S/C13H10Cl2FNO2S/c14-10-3-1-9(2-4-10)8-17-20(18,19)13-6-5-11(15)7-12(13)16/h1-7,17H,8H2. The molecule has 0 unspecified atom stereocenters. The third kappa shape index (κ3) is 3.70. The minimum absolute atomic E-state index is 0.0432. The Morgan fingerprint density at radius 2 is 1.60 bits per heavy atom. The molecule has 0 bridgehead atoms. The van der Waals surface area contributed by atoms with Gasteiger partial charge in [0.15, 0.2) is 0 Å². The Hall–Kier alpha value is -1.14. The van der Waals surface area contributed by atoms with Gasteiger partial charge in [-0.05, 0) is 35.9 Å². The predicted octanol–water partition coefficient (Wildman–Crippen LogP) is 3.61. The lowest BCUT2D eigenvalue weighted by Crippen LogP contribution is -2.24. The lowest BCUT2D eigenvalue weighted by molar-refractivity contribution is 0.557. The normalized spacial score (nSPS) is 11.6. The highest BCUT2D eigenvalue weighted by Crippen LogP contribution is 2.19. The van der Waals surface area contributed by atoms with Gasteiger partial charge in [0.2, 0.25) is 10.0 Å². The van der Waals surface area contributed by atoms with Gasteiger partial charge < -0.3 is 0 Å². The Labute approximate surface area is 126 Å². The van der Waals surface area contributed by atoms with Gasteiger partial charge in [0.1, 0.15) is 10.7 Å². The molecule has 0 radical (unpaired) electrons. The fourth-order valence-corrected chi connectivity index (χ4v) is 2.91. The number of rotatable bonds is 4. The number of halogens is 3. The second kappa shape index (κ2) is 6.10. The van der Waals surface area contributed by atoms with Crippen molar-refractivity contribution < 1.29 is 12.8 Å². The number of benzene rings is 2. The van der Waals surface area contributed by atoms with Crippen molar-refractivity contribution >= 4 is 33.2 Å². The highest BCUT2D eigenvalue weighted by Gasteiger charge is 2.18. The maximum atomic E-state index is 13.6. The molecule has 106 valence electrons. The van der Waals surface area contributed by atoms with Crippen LogP contribution in [0.1, 0.15) is 5.56 Å². The minimum Gasteiger partial charge on any atom is -0.207 e. The van der Waals surface area contributed by atoms with Gasteiger partial charge in [-0.25, -0.2) is 17.5 Å². The van der Waals surface area contributed by atoms with Gasteiger partial charge in [-0.2, -0.15) is 0 Å². The molecule has 2 aromatic rings. The zero-order valence-electron chi connectivity index (χ0n) is 10.1. The van der Waals surface area contributed by atoms with Crippen LogP contribution in [0.4, 0.5) is 4.39 Å². The first-order valence-corrected chi connectivity index (χ1v) is 7.81. The first-order chi connectivity index (χ1) is 9.38. The van der Waals surface area contributed by atoms with E-state index in [0.29, 0.717) is 10.6 Å². The highest BCUT2D eigenvalue weighted by atomic mass is 35.5.